The lowest BCUT2D eigenvalue weighted by molar-refractivity contribution is -0.0433. The zero-order valence-corrected chi connectivity index (χ0v) is 15.3. The summed E-state index contributed by atoms with van der Waals surface area (Å²) in [6.45, 7) is 8.85. The molecular weight excluding hydrogens is 316 g/mol. The highest BCUT2D eigenvalue weighted by Crippen LogP contribution is 2.25. The number of nitrogens with zero attached hydrogens (tertiary/aromatic N) is 2. The predicted octanol–water partition coefficient (Wildman–Crippen LogP) is 1.74. The van der Waals surface area contributed by atoms with Gasteiger partial charge in [0.05, 0.1) is 19.2 Å². The summed E-state index contributed by atoms with van der Waals surface area (Å²) < 4.78 is 5.47. The Morgan fingerprint density at radius 1 is 1.36 bits per heavy atom. The Bertz CT molecular complexity index is 628. The molecule has 1 aromatic heterocycles. The Morgan fingerprint density at radius 2 is 2.12 bits per heavy atom. The molecule has 0 radical (unpaired) electrons. The Hall–Kier alpha value is -1.66. The van der Waals surface area contributed by atoms with Crippen LogP contribution in [0, 0.1) is 0 Å². The summed E-state index contributed by atoms with van der Waals surface area (Å²) in [5.41, 5.74) is 1.07. The number of aromatic nitrogens is 1. The maximum Gasteiger partial charge on any atom is 0.248 e. The number of piperidine rings is 1. The first-order valence-electron chi connectivity index (χ1n) is 9.43. The highest BCUT2D eigenvalue weighted by atomic mass is 16.5. The number of likely N-dealkylation sites (tertiary alicyclic amines) is 1. The Balaban J connectivity index is 1.52. The quantitative estimate of drug-likeness (QED) is 0.608. The van der Waals surface area contributed by atoms with Gasteiger partial charge in [-0.1, -0.05) is 6.07 Å². The smallest absolute Gasteiger partial charge is 0.248 e. The maximum atomic E-state index is 11.5. The van der Waals surface area contributed by atoms with E-state index in [4.69, 9.17) is 9.73 Å². The monoisotopic (exact) mass is 346 g/mol. The number of pyridine rings is 1. The van der Waals surface area contributed by atoms with E-state index in [0.29, 0.717) is 18.1 Å². The van der Waals surface area contributed by atoms with Gasteiger partial charge in [-0.05, 0) is 52.3 Å². The molecule has 2 fully saturated rings. The van der Waals surface area contributed by atoms with E-state index in [2.05, 4.69) is 29.0 Å². The second-order valence-corrected chi connectivity index (χ2v) is 7.39. The molecule has 1 atom stereocenters. The van der Waals surface area contributed by atoms with Crippen LogP contribution in [0.1, 0.15) is 44.7 Å². The van der Waals surface area contributed by atoms with Crippen LogP contribution in [0.4, 0.5) is 0 Å². The zero-order valence-electron chi connectivity index (χ0n) is 15.3. The molecule has 0 bridgehead atoms. The fourth-order valence-corrected chi connectivity index (χ4v) is 3.43. The summed E-state index contributed by atoms with van der Waals surface area (Å²) in [7, 11) is 0. The molecule has 2 saturated heterocycles. The molecule has 2 aliphatic heterocycles. The van der Waals surface area contributed by atoms with Gasteiger partial charge in [-0.2, -0.15) is 0 Å². The van der Waals surface area contributed by atoms with E-state index in [1.165, 1.54) is 0 Å². The molecule has 6 heteroatoms. The molecular formula is C19H30N4O2. The van der Waals surface area contributed by atoms with Crippen molar-refractivity contribution in [3.05, 3.63) is 34.2 Å². The molecule has 0 unspecified atom stereocenters. The molecule has 0 aliphatic carbocycles. The van der Waals surface area contributed by atoms with Crippen molar-refractivity contribution >= 4 is 5.84 Å². The number of hydrogen-bond acceptors (Lipinski definition) is 4. The van der Waals surface area contributed by atoms with Crippen molar-refractivity contribution < 1.29 is 4.74 Å². The lowest BCUT2D eigenvalue weighted by atomic mass is 9.93. The second kappa shape index (κ2) is 8.63. The number of H-pyrrole nitrogens is 1. The molecule has 3 rings (SSSR count). The van der Waals surface area contributed by atoms with E-state index in [9.17, 15) is 4.79 Å². The third kappa shape index (κ3) is 5.41. The Labute approximate surface area is 149 Å². The minimum atomic E-state index is -0.00584. The van der Waals surface area contributed by atoms with Crippen molar-refractivity contribution in [2.75, 3.05) is 32.8 Å². The van der Waals surface area contributed by atoms with Crippen LogP contribution >= 0.6 is 0 Å². The molecule has 0 spiro atoms. The third-order valence-electron chi connectivity index (χ3n) is 4.93. The number of ether oxygens (including phenoxy) is 1. The van der Waals surface area contributed by atoms with Crippen LogP contribution in [0.2, 0.25) is 0 Å². The average molecular weight is 346 g/mol. The van der Waals surface area contributed by atoms with Gasteiger partial charge < -0.3 is 15.0 Å². The van der Waals surface area contributed by atoms with Crippen molar-refractivity contribution in [1.29, 1.82) is 0 Å². The van der Waals surface area contributed by atoms with E-state index in [-0.39, 0.29) is 5.56 Å². The molecule has 2 N–H and O–H groups in total. The number of nitrogens with one attached hydrogen (secondary N) is 2. The number of rotatable bonds is 6. The van der Waals surface area contributed by atoms with E-state index in [0.717, 1.165) is 63.6 Å². The molecule has 0 saturated carbocycles. The molecule has 0 aromatic carbocycles. The number of amidine groups is 1. The van der Waals surface area contributed by atoms with Gasteiger partial charge in [0, 0.05) is 30.3 Å². The highest BCUT2D eigenvalue weighted by Gasteiger charge is 2.23. The van der Waals surface area contributed by atoms with Crippen molar-refractivity contribution in [1.82, 2.24) is 15.2 Å². The van der Waals surface area contributed by atoms with Gasteiger partial charge in [-0.15, -0.1) is 0 Å². The summed E-state index contributed by atoms with van der Waals surface area (Å²) in [6.07, 6.45) is 3.57. The summed E-state index contributed by atoms with van der Waals surface area (Å²) in [6, 6.07) is 5.84. The molecule has 138 valence electrons. The van der Waals surface area contributed by atoms with Gasteiger partial charge in [0.25, 0.3) is 0 Å². The van der Waals surface area contributed by atoms with Gasteiger partial charge in [-0.3, -0.25) is 14.7 Å². The molecule has 6 nitrogen and oxygen atoms in total. The van der Waals surface area contributed by atoms with Crippen LogP contribution in [-0.2, 0) is 4.74 Å². The Morgan fingerprint density at radius 3 is 2.72 bits per heavy atom. The first-order chi connectivity index (χ1) is 12.1. The molecule has 1 aromatic rings. The molecule has 25 heavy (non-hydrogen) atoms. The average Bonchev–Trinajstić information content (AvgIpc) is 2.53. The second-order valence-electron chi connectivity index (χ2n) is 7.39. The molecule has 3 heterocycles. The van der Waals surface area contributed by atoms with Crippen LogP contribution in [0.5, 0.6) is 0 Å². The van der Waals surface area contributed by atoms with Crippen molar-refractivity contribution in [3.63, 3.8) is 0 Å². The van der Waals surface area contributed by atoms with Gasteiger partial charge in [0.2, 0.25) is 5.56 Å². The van der Waals surface area contributed by atoms with Gasteiger partial charge in [-0.25, -0.2) is 0 Å². The Kier molecular flexibility index (Phi) is 6.26. The minimum absolute atomic E-state index is 0.00584. The van der Waals surface area contributed by atoms with Crippen molar-refractivity contribution in [3.8, 4) is 0 Å². The maximum absolute atomic E-state index is 11.5. The van der Waals surface area contributed by atoms with Crippen LogP contribution in [-0.4, -0.2) is 60.7 Å². The molecule has 2 aliphatic rings. The first-order valence-corrected chi connectivity index (χ1v) is 9.43. The van der Waals surface area contributed by atoms with Crippen LogP contribution < -0.4 is 10.9 Å². The fourth-order valence-electron chi connectivity index (χ4n) is 3.43. The predicted molar refractivity (Wildman–Crippen MR) is 100 cm³/mol. The fraction of sp³-hybridized carbons (Fsp3) is 0.684. The summed E-state index contributed by atoms with van der Waals surface area (Å²) >= 11 is 0. The van der Waals surface area contributed by atoms with Crippen molar-refractivity contribution in [2.24, 2.45) is 4.99 Å². The van der Waals surface area contributed by atoms with Crippen LogP contribution in [0.3, 0.4) is 0 Å². The SMILES string of the molecule is CC(C)NC(CN1CCC(c2cccc(=O)[nH]2)CC1)=NC[C@@H]1CCO1. The molecule has 0 amide bonds. The normalized spacial score (nSPS) is 22.8. The van der Waals surface area contributed by atoms with Crippen LogP contribution in [0.25, 0.3) is 0 Å². The van der Waals surface area contributed by atoms with E-state index < -0.39 is 0 Å². The first kappa shape index (κ1) is 18.1. The topological polar surface area (TPSA) is 69.7 Å². The number of hydrogen-bond donors (Lipinski definition) is 2. The van der Waals surface area contributed by atoms with Crippen LogP contribution in [0.15, 0.2) is 28.0 Å². The van der Waals surface area contributed by atoms with Gasteiger partial charge in [0.1, 0.15) is 5.84 Å². The lowest BCUT2D eigenvalue weighted by Crippen LogP contribution is -2.44. The third-order valence-corrected chi connectivity index (χ3v) is 4.93. The standard InChI is InChI=1S/C19H30N4O2/c1-14(2)21-18(20-12-16-8-11-25-16)13-23-9-6-15(7-10-23)17-4-3-5-19(24)22-17/h3-5,14-16H,6-13H2,1-2H3,(H,20,21)(H,22,24)/t16-/m0/s1. The number of aromatic amines is 1. The lowest BCUT2D eigenvalue weighted by Gasteiger charge is -2.33. The largest absolute Gasteiger partial charge is 0.376 e. The van der Waals surface area contributed by atoms with Crippen molar-refractivity contribution in [2.45, 2.75) is 51.2 Å². The van der Waals surface area contributed by atoms with Gasteiger partial charge in [0.15, 0.2) is 0 Å². The minimum Gasteiger partial charge on any atom is -0.376 e. The summed E-state index contributed by atoms with van der Waals surface area (Å²) in [5, 5.41) is 3.49. The van der Waals surface area contributed by atoms with Gasteiger partial charge >= 0.3 is 0 Å². The highest BCUT2D eigenvalue weighted by molar-refractivity contribution is 5.84. The van der Waals surface area contributed by atoms with E-state index in [1.54, 1.807) is 6.07 Å². The van der Waals surface area contributed by atoms with E-state index >= 15 is 0 Å². The summed E-state index contributed by atoms with van der Waals surface area (Å²) in [4.78, 5) is 21.7. The zero-order chi connectivity index (χ0) is 17.6. The number of aliphatic imine (C=N–C) groups is 1. The van der Waals surface area contributed by atoms with E-state index in [1.807, 2.05) is 12.1 Å². The summed E-state index contributed by atoms with van der Waals surface area (Å²) in [5.74, 6) is 1.52.